The first kappa shape index (κ1) is 13.0. The summed E-state index contributed by atoms with van der Waals surface area (Å²) in [5, 5.41) is 3.68. The Bertz CT molecular complexity index is 433. The zero-order valence-corrected chi connectivity index (χ0v) is 11.5. The van der Waals surface area contributed by atoms with Gasteiger partial charge in [-0.25, -0.2) is 4.39 Å². The van der Waals surface area contributed by atoms with E-state index < -0.39 is 0 Å². The molecule has 1 aliphatic heterocycles. The maximum atomic E-state index is 13.2. The molecule has 1 aliphatic carbocycles. The van der Waals surface area contributed by atoms with Gasteiger partial charge < -0.3 is 5.32 Å². The lowest BCUT2D eigenvalue weighted by atomic mass is 10.0. The fourth-order valence-electron chi connectivity index (χ4n) is 3.07. The first-order valence-electron chi connectivity index (χ1n) is 7.33. The second kappa shape index (κ2) is 5.55. The van der Waals surface area contributed by atoms with Gasteiger partial charge in [0.25, 0.3) is 0 Å². The Hall–Kier alpha value is -1.00. The summed E-state index contributed by atoms with van der Waals surface area (Å²) >= 11 is 0. The molecule has 3 nitrogen and oxygen atoms in total. The molecule has 19 heavy (non-hydrogen) atoms. The van der Waals surface area contributed by atoms with Crippen LogP contribution in [0.3, 0.4) is 0 Å². The van der Waals surface area contributed by atoms with Crippen LogP contribution in [0, 0.1) is 11.7 Å². The Morgan fingerprint density at radius 2 is 2.26 bits per heavy atom. The highest BCUT2D eigenvalue weighted by atomic mass is 19.1. The van der Waals surface area contributed by atoms with Crippen molar-refractivity contribution in [1.82, 2.24) is 15.2 Å². The molecule has 0 aromatic carbocycles. The van der Waals surface area contributed by atoms with Gasteiger partial charge in [-0.1, -0.05) is 6.92 Å². The second-order valence-corrected chi connectivity index (χ2v) is 5.86. The molecule has 1 saturated heterocycles. The summed E-state index contributed by atoms with van der Waals surface area (Å²) < 4.78 is 13.2. The highest BCUT2D eigenvalue weighted by molar-refractivity contribution is 5.11. The molecule has 3 rings (SSSR count). The minimum absolute atomic E-state index is 0.237. The van der Waals surface area contributed by atoms with Crippen LogP contribution >= 0.6 is 0 Å². The number of rotatable bonds is 4. The van der Waals surface area contributed by atoms with E-state index in [1.165, 1.54) is 19.0 Å². The summed E-state index contributed by atoms with van der Waals surface area (Å²) in [7, 11) is 0. The van der Waals surface area contributed by atoms with Gasteiger partial charge in [-0.2, -0.15) is 0 Å². The fourth-order valence-corrected chi connectivity index (χ4v) is 3.07. The monoisotopic (exact) mass is 263 g/mol. The summed E-state index contributed by atoms with van der Waals surface area (Å²) in [5.41, 5.74) is 0.981. The molecular formula is C15H22FN3. The Labute approximate surface area is 114 Å². The predicted molar refractivity (Wildman–Crippen MR) is 73.2 cm³/mol. The molecule has 2 heterocycles. The number of pyridine rings is 1. The molecule has 1 aromatic rings. The van der Waals surface area contributed by atoms with Crippen molar-refractivity contribution in [3.8, 4) is 0 Å². The highest BCUT2D eigenvalue weighted by Gasteiger charge is 2.36. The van der Waals surface area contributed by atoms with Crippen molar-refractivity contribution < 1.29 is 4.39 Å². The predicted octanol–water partition coefficient (Wildman–Crippen LogP) is 2.18. The van der Waals surface area contributed by atoms with Gasteiger partial charge in [-0.05, 0) is 36.8 Å². The van der Waals surface area contributed by atoms with E-state index in [1.807, 2.05) is 0 Å². The summed E-state index contributed by atoms with van der Waals surface area (Å²) in [5.74, 6) is 0.630. The van der Waals surface area contributed by atoms with Crippen LogP contribution in [0.5, 0.6) is 0 Å². The van der Waals surface area contributed by atoms with Crippen LogP contribution in [-0.2, 0) is 6.54 Å². The number of aromatic nitrogens is 1. The van der Waals surface area contributed by atoms with Gasteiger partial charge in [0.1, 0.15) is 5.82 Å². The number of halogens is 1. The largest absolute Gasteiger partial charge is 0.311 e. The third-order valence-corrected chi connectivity index (χ3v) is 4.37. The van der Waals surface area contributed by atoms with E-state index in [0.717, 1.165) is 37.5 Å². The van der Waals surface area contributed by atoms with Crippen LogP contribution in [0.25, 0.3) is 0 Å². The lowest BCUT2D eigenvalue weighted by Gasteiger charge is -2.40. The van der Waals surface area contributed by atoms with Gasteiger partial charge in [-0.15, -0.1) is 0 Å². The standard InChI is InChI=1S/C15H22FN3/c1-2-14-8-18-15(12-3-4-12)10-19(14)9-11-5-13(16)7-17-6-11/h5-7,12,14-15,18H,2-4,8-10H2,1H3. The number of hydrogen-bond donors (Lipinski definition) is 1. The lowest BCUT2D eigenvalue weighted by molar-refractivity contribution is 0.111. The molecule has 0 spiro atoms. The third kappa shape index (κ3) is 3.12. The van der Waals surface area contributed by atoms with Crippen LogP contribution in [-0.4, -0.2) is 35.1 Å². The van der Waals surface area contributed by atoms with Crippen molar-refractivity contribution in [1.29, 1.82) is 0 Å². The summed E-state index contributed by atoms with van der Waals surface area (Å²) in [6.07, 6.45) is 6.91. The summed E-state index contributed by atoms with van der Waals surface area (Å²) in [4.78, 5) is 6.45. The molecule has 0 bridgehead atoms. The normalized spacial score (nSPS) is 28.5. The Morgan fingerprint density at radius 3 is 2.95 bits per heavy atom. The van der Waals surface area contributed by atoms with E-state index in [0.29, 0.717) is 12.1 Å². The third-order valence-electron chi connectivity index (χ3n) is 4.37. The van der Waals surface area contributed by atoms with Gasteiger partial charge in [0.15, 0.2) is 0 Å². The quantitative estimate of drug-likeness (QED) is 0.902. The molecule has 2 fully saturated rings. The number of piperazine rings is 1. The molecule has 0 radical (unpaired) electrons. The average molecular weight is 263 g/mol. The maximum absolute atomic E-state index is 13.2. The number of hydrogen-bond acceptors (Lipinski definition) is 3. The average Bonchev–Trinajstić information content (AvgIpc) is 3.23. The van der Waals surface area contributed by atoms with Gasteiger partial charge in [0.2, 0.25) is 0 Å². The van der Waals surface area contributed by atoms with Crippen molar-refractivity contribution in [3.63, 3.8) is 0 Å². The van der Waals surface area contributed by atoms with E-state index in [9.17, 15) is 4.39 Å². The minimum atomic E-state index is -0.237. The summed E-state index contributed by atoms with van der Waals surface area (Å²) in [6, 6.07) is 2.79. The molecule has 4 heteroatoms. The molecule has 2 atom stereocenters. The van der Waals surface area contributed by atoms with Crippen molar-refractivity contribution in [2.45, 2.75) is 44.8 Å². The van der Waals surface area contributed by atoms with Crippen molar-refractivity contribution >= 4 is 0 Å². The van der Waals surface area contributed by atoms with Crippen LogP contribution in [0.1, 0.15) is 31.7 Å². The maximum Gasteiger partial charge on any atom is 0.141 e. The van der Waals surface area contributed by atoms with Gasteiger partial charge in [0, 0.05) is 37.9 Å². The van der Waals surface area contributed by atoms with Crippen LogP contribution in [0.4, 0.5) is 4.39 Å². The molecular weight excluding hydrogens is 241 g/mol. The van der Waals surface area contributed by atoms with E-state index in [1.54, 1.807) is 12.3 Å². The first-order chi connectivity index (χ1) is 9.26. The Kier molecular flexibility index (Phi) is 3.80. The topological polar surface area (TPSA) is 28.2 Å². The number of nitrogens with zero attached hydrogens (tertiary/aromatic N) is 2. The first-order valence-corrected chi connectivity index (χ1v) is 7.33. The smallest absolute Gasteiger partial charge is 0.141 e. The van der Waals surface area contributed by atoms with Gasteiger partial charge in [0.05, 0.1) is 6.20 Å². The molecule has 1 saturated carbocycles. The molecule has 2 aliphatic rings. The van der Waals surface area contributed by atoms with Crippen LogP contribution < -0.4 is 5.32 Å². The van der Waals surface area contributed by atoms with Crippen molar-refractivity contribution in [2.75, 3.05) is 13.1 Å². The van der Waals surface area contributed by atoms with Crippen molar-refractivity contribution in [3.05, 3.63) is 29.8 Å². The van der Waals surface area contributed by atoms with Crippen LogP contribution in [0.2, 0.25) is 0 Å². The zero-order valence-electron chi connectivity index (χ0n) is 11.5. The molecule has 2 unspecified atom stereocenters. The minimum Gasteiger partial charge on any atom is -0.311 e. The van der Waals surface area contributed by atoms with Gasteiger partial charge >= 0.3 is 0 Å². The molecule has 0 amide bonds. The number of nitrogens with one attached hydrogen (secondary N) is 1. The van der Waals surface area contributed by atoms with E-state index in [-0.39, 0.29) is 5.82 Å². The van der Waals surface area contributed by atoms with Gasteiger partial charge in [-0.3, -0.25) is 9.88 Å². The molecule has 104 valence electrons. The Morgan fingerprint density at radius 1 is 1.42 bits per heavy atom. The SMILES string of the molecule is CCC1CNC(C2CC2)CN1Cc1cncc(F)c1. The van der Waals surface area contributed by atoms with E-state index in [4.69, 9.17) is 0 Å². The van der Waals surface area contributed by atoms with Crippen LogP contribution in [0.15, 0.2) is 18.5 Å². The zero-order chi connectivity index (χ0) is 13.2. The lowest BCUT2D eigenvalue weighted by Crippen LogP contribution is -2.56. The van der Waals surface area contributed by atoms with E-state index in [2.05, 4.69) is 22.1 Å². The molecule has 1 N–H and O–H groups in total. The molecule has 1 aromatic heterocycles. The Balaban J connectivity index is 1.68. The highest BCUT2D eigenvalue weighted by Crippen LogP contribution is 2.34. The van der Waals surface area contributed by atoms with Crippen molar-refractivity contribution in [2.24, 2.45) is 5.92 Å². The fraction of sp³-hybridized carbons (Fsp3) is 0.667. The summed E-state index contributed by atoms with van der Waals surface area (Å²) in [6.45, 7) is 5.18. The second-order valence-electron chi connectivity index (χ2n) is 5.86. The van der Waals surface area contributed by atoms with E-state index >= 15 is 0 Å².